The summed E-state index contributed by atoms with van der Waals surface area (Å²) < 4.78 is 19.5. The van der Waals surface area contributed by atoms with E-state index < -0.39 is 0 Å². The summed E-state index contributed by atoms with van der Waals surface area (Å²) in [6.07, 6.45) is 2.18. The molecule has 0 aliphatic heterocycles. The molecule has 1 atom stereocenters. The Morgan fingerprint density at radius 2 is 1.94 bits per heavy atom. The number of nitrogens with one attached hydrogen (secondary N) is 1. The Bertz CT molecular complexity index is 364. The van der Waals surface area contributed by atoms with Crippen LogP contribution in [0.3, 0.4) is 0 Å². The maximum Gasteiger partial charge on any atom is 0.131 e. The zero-order chi connectivity index (χ0) is 13.5. The number of rotatable bonds is 7. The molecule has 0 aromatic heterocycles. The second-order valence-electron chi connectivity index (χ2n) is 4.69. The molecule has 0 aliphatic carbocycles. The van der Waals surface area contributed by atoms with Crippen LogP contribution in [0.15, 0.2) is 18.2 Å². The molecule has 0 amide bonds. The summed E-state index contributed by atoms with van der Waals surface area (Å²) in [4.78, 5) is 0. The van der Waals surface area contributed by atoms with E-state index in [2.05, 4.69) is 19.2 Å². The zero-order valence-corrected chi connectivity index (χ0v) is 11.8. The molecule has 0 bridgehead atoms. The standard InChI is InChI=1S/C15H24FNO/c1-5-12(6-2)10-18-13-7-8-14(11(3)17-4)15(16)9-13/h7-9,11-12,17H,5-6,10H2,1-4H3. The predicted octanol–water partition coefficient (Wildman–Crippen LogP) is 3.92. The van der Waals surface area contributed by atoms with E-state index in [0.717, 1.165) is 12.8 Å². The summed E-state index contributed by atoms with van der Waals surface area (Å²) >= 11 is 0. The summed E-state index contributed by atoms with van der Waals surface area (Å²) in [5.41, 5.74) is 0.674. The van der Waals surface area contributed by atoms with Gasteiger partial charge in [-0.3, -0.25) is 0 Å². The van der Waals surface area contributed by atoms with E-state index in [9.17, 15) is 4.39 Å². The first-order valence-corrected chi connectivity index (χ1v) is 6.71. The van der Waals surface area contributed by atoms with Gasteiger partial charge in [0.2, 0.25) is 0 Å². The molecule has 102 valence electrons. The maximum absolute atomic E-state index is 13.9. The van der Waals surface area contributed by atoms with Crippen LogP contribution in [0.1, 0.15) is 45.2 Å². The van der Waals surface area contributed by atoms with Gasteiger partial charge in [0, 0.05) is 17.7 Å². The fraction of sp³-hybridized carbons (Fsp3) is 0.600. The minimum Gasteiger partial charge on any atom is -0.493 e. The van der Waals surface area contributed by atoms with Crippen LogP contribution in [-0.2, 0) is 0 Å². The summed E-state index contributed by atoms with van der Waals surface area (Å²) in [5, 5.41) is 3.03. The molecule has 0 aliphatic rings. The topological polar surface area (TPSA) is 21.3 Å². The first-order chi connectivity index (χ1) is 8.62. The van der Waals surface area contributed by atoms with E-state index in [0.29, 0.717) is 23.8 Å². The number of ether oxygens (including phenoxy) is 1. The van der Waals surface area contributed by atoms with Crippen molar-refractivity contribution in [2.24, 2.45) is 5.92 Å². The van der Waals surface area contributed by atoms with Crippen LogP contribution >= 0.6 is 0 Å². The Hall–Kier alpha value is -1.09. The van der Waals surface area contributed by atoms with Crippen molar-refractivity contribution in [2.45, 2.75) is 39.7 Å². The van der Waals surface area contributed by atoms with E-state index >= 15 is 0 Å². The lowest BCUT2D eigenvalue weighted by Gasteiger charge is -2.16. The Morgan fingerprint density at radius 3 is 2.44 bits per heavy atom. The van der Waals surface area contributed by atoms with E-state index in [4.69, 9.17) is 4.74 Å². The van der Waals surface area contributed by atoms with Gasteiger partial charge in [-0.15, -0.1) is 0 Å². The Labute approximate surface area is 110 Å². The highest BCUT2D eigenvalue weighted by molar-refractivity contribution is 5.30. The smallest absolute Gasteiger partial charge is 0.131 e. The highest BCUT2D eigenvalue weighted by atomic mass is 19.1. The van der Waals surface area contributed by atoms with Crippen molar-refractivity contribution in [3.8, 4) is 5.75 Å². The molecule has 1 N–H and O–H groups in total. The lowest BCUT2D eigenvalue weighted by Crippen LogP contribution is -2.14. The lowest BCUT2D eigenvalue weighted by atomic mass is 10.1. The molecule has 0 spiro atoms. The van der Waals surface area contributed by atoms with Gasteiger partial charge in [-0.2, -0.15) is 0 Å². The van der Waals surface area contributed by atoms with Gasteiger partial charge in [-0.25, -0.2) is 4.39 Å². The monoisotopic (exact) mass is 253 g/mol. The summed E-state index contributed by atoms with van der Waals surface area (Å²) in [6, 6.07) is 5.12. The molecule has 1 rings (SSSR count). The molecule has 1 aromatic carbocycles. The first kappa shape index (κ1) is 15.0. The summed E-state index contributed by atoms with van der Waals surface area (Å²) in [6.45, 7) is 6.89. The molecule has 2 nitrogen and oxygen atoms in total. The number of hydrogen-bond acceptors (Lipinski definition) is 2. The highest BCUT2D eigenvalue weighted by Crippen LogP contribution is 2.22. The third kappa shape index (κ3) is 3.98. The number of hydrogen-bond donors (Lipinski definition) is 1. The lowest BCUT2D eigenvalue weighted by molar-refractivity contribution is 0.239. The second kappa shape index (κ2) is 7.37. The van der Waals surface area contributed by atoms with Gasteiger partial charge in [-0.1, -0.05) is 32.8 Å². The van der Waals surface area contributed by atoms with Gasteiger partial charge in [0.15, 0.2) is 0 Å². The molecular formula is C15H24FNO. The summed E-state index contributed by atoms with van der Waals surface area (Å²) in [5.74, 6) is 0.953. The van der Waals surface area contributed by atoms with Crippen LogP contribution in [-0.4, -0.2) is 13.7 Å². The second-order valence-corrected chi connectivity index (χ2v) is 4.69. The quantitative estimate of drug-likeness (QED) is 0.795. The van der Waals surface area contributed by atoms with Gasteiger partial charge < -0.3 is 10.1 Å². The molecule has 0 fully saturated rings. The average molecular weight is 253 g/mol. The molecule has 18 heavy (non-hydrogen) atoms. The number of benzene rings is 1. The molecule has 3 heteroatoms. The minimum absolute atomic E-state index is 0.0121. The minimum atomic E-state index is -0.209. The van der Waals surface area contributed by atoms with Gasteiger partial charge in [0.1, 0.15) is 11.6 Å². The summed E-state index contributed by atoms with van der Waals surface area (Å²) in [7, 11) is 1.82. The van der Waals surface area contributed by atoms with Crippen molar-refractivity contribution >= 4 is 0 Å². The average Bonchev–Trinajstić information content (AvgIpc) is 2.39. The van der Waals surface area contributed by atoms with Gasteiger partial charge in [0.25, 0.3) is 0 Å². The highest BCUT2D eigenvalue weighted by Gasteiger charge is 2.11. The van der Waals surface area contributed by atoms with Crippen LogP contribution in [0, 0.1) is 11.7 Å². The molecule has 0 saturated carbocycles. The molecule has 0 heterocycles. The van der Waals surface area contributed by atoms with Crippen molar-refractivity contribution in [1.29, 1.82) is 0 Å². The third-order valence-electron chi connectivity index (χ3n) is 3.51. The largest absolute Gasteiger partial charge is 0.493 e. The van der Waals surface area contributed by atoms with Gasteiger partial charge in [-0.05, 0) is 26.0 Å². The Morgan fingerprint density at radius 1 is 1.28 bits per heavy atom. The fourth-order valence-corrected chi connectivity index (χ4v) is 1.84. The Kier molecular flexibility index (Phi) is 6.13. The predicted molar refractivity (Wildman–Crippen MR) is 73.4 cm³/mol. The van der Waals surface area contributed by atoms with Crippen LogP contribution < -0.4 is 10.1 Å². The van der Waals surface area contributed by atoms with Crippen LogP contribution in [0.25, 0.3) is 0 Å². The van der Waals surface area contributed by atoms with E-state index in [-0.39, 0.29) is 11.9 Å². The Balaban J connectivity index is 2.67. The molecule has 1 unspecified atom stereocenters. The maximum atomic E-state index is 13.9. The number of halogens is 1. The van der Waals surface area contributed by atoms with Crippen molar-refractivity contribution in [3.05, 3.63) is 29.6 Å². The normalized spacial score (nSPS) is 12.8. The SMILES string of the molecule is CCC(CC)COc1ccc(C(C)NC)c(F)c1. The van der Waals surface area contributed by atoms with E-state index in [1.807, 2.05) is 20.0 Å². The molecule has 0 radical (unpaired) electrons. The molecular weight excluding hydrogens is 229 g/mol. The van der Waals surface area contributed by atoms with Crippen molar-refractivity contribution < 1.29 is 9.13 Å². The molecule has 1 aromatic rings. The van der Waals surface area contributed by atoms with Crippen LogP contribution in [0.2, 0.25) is 0 Å². The first-order valence-electron chi connectivity index (χ1n) is 6.71. The van der Waals surface area contributed by atoms with Crippen molar-refractivity contribution in [2.75, 3.05) is 13.7 Å². The zero-order valence-electron chi connectivity index (χ0n) is 11.8. The van der Waals surface area contributed by atoms with E-state index in [1.54, 1.807) is 6.07 Å². The van der Waals surface area contributed by atoms with Crippen molar-refractivity contribution in [1.82, 2.24) is 5.32 Å². The van der Waals surface area contributed by atoms with Gasteiger partial charge in [0.05, 0.1) is 6.61 Å². The molecule has 0 saturated heterocycles. The van der Waals surface area contributed by atoms with Crippen molar-refractivity contribution in [3.63, 3.8) is 0 Å². The van der Waals surface area contributed by atoms with Crippen LogP contribution in [0.5, 0.6) is 5.75 Å². The van der Waals surface area contributed by atoms with E-state index in [1.165, 1.54) is 6.07 Å². The third-order valence-corrected chi connectivity index (χ3v) is 3.51. The van der Waals surface area contributed by atoms with Crippen LogP contribution in [0.4, 0.5) is 4.39 Å². The fourth-order valence-electron chi connectivity index (χ4n) is 1.84. The van der Waals surface area contributed by atoms with Gasteiger partial charge >= 0.3 is 0 Å².